The molecule has 0 saturated heterocycles. The monoisotopic (exact) mass is 363 g/mol. The molecule has 0 heterocycles. The summed E-state index contributed by atoms with van der Waals surface area (Å²) in [4.78, 5) is 16.5. The molecule has 0 aromatic heterocycles. The maximum Gasteiger partial charge on any atom is 0.362 e. The van der Waals surface area contributed by atoms with Gasteiger partial charge in [0.2, 0.25) is 0 Å². The molecule has 116 valence electrons. The Morgan fingerprint density at radius 1 is 1.27 bits per heavy atom. The van der Waals surface area contributed by atoms with Crippen molar-refractivity contribution in [3.8, 4) is 5.75 Å². The molecule has 0 spiro atoms. The molecule has 2 rings (SSSR count). The normalized spacial score (nSPS) is 10.1. The van der Waals surface area contributed by atoms with Gasteiger partial charge in [0.1, 0.15) is 5.75 Å². The lowest BCUT2D eigenvalue weighted by molar-refractivity contribution is -0.152. The van der Waals surface area contributed by atoms with Crippen molar-refractivity contribution in [2.45, 2.75) is 6.92 Å². The smallest absolute Gasteiger partial charge is 0.362 e. The minimum Gasteiger partial charge on any atom is -0.481 e. The van der Waals surface area contributed by atoms with Crippen molar-refractivity contribution in [2.24, 2.45) is 5.73 Å². The van der Waals surface area contributed by atoms with Gasteiger partial charge >= 0.3 is 5.97 Å². The minimum atomic E-state index is -0.577. The fourth-order valence-electron chi connectivity index (χ4n) is 1.68. The first-order valence-corrected chi connectivity index (χ1v) is 7.38. The van der Waals surface area contributed by atoms with Crippen LogP contribution in [0.15, 0.2) is 53.0 Å². The summed E-state index contributed by atoms with van der Waals surface area (Å²) in [5, 5.41) is 0. The molecule has 2 aromatic rings. The molecule has 22 heavy (non-hydrogen) atoms. The van der Waals surface area contributed by atoms with Crippen molar-refractivity contribution in [2.75, 3.05) is 6.61 Å². The molecule has 0 bridgehead atoms. The summed E-state index contributed by atoms with van der Waals surface area (Å²) in [6.45, 7) is 1.74. The van der Waals surface area contributed by atoms with Crippen LogP contribution < -0.4 is 16.0 Å². The number of hydrogen-bond donors (Lipinski definition) is 2. The molecule has 0 atom stereocenters. The van der Waals surface area contributed by atoms with E-state index in [-0.39, 0.29) is 12.8 Å². The van der Waals surface area contributed by atoms with Crippen LogP contribution in [-0.4, -0.2) is 12.6 Å². The Hall–Kier alpha value is -2.02. The van der Waals surface area contributed by atoms with Gasteiger partial charge in [-0.1, -0.05) is 12.1 Å². The standard InChI is InChI=1S/C16H16BrN2O3/c1-11-7-8-14(13(17)9-11)21-10-15(20)22-19-16(18)12-5-3-2-4-6-12/h2-9,19H,10,18H2,1H3/q-1. The number of aryl methyl sites for hydroxylation is 1. The Kier molecular flexibility index (Phi) is 5.83. The van der Waals surface area contributed by atoms with Crippen LogP contribution in [0.25, 0.3) is 0 Å². The van der Waals surface area contributed by atoms with Gasteiger partial charge in [0.05, 0.1) is 4.47 Å². The van der Waals surface area contributed by atoms with E-state index >= 15 is 0 Å². The van der Waals surface area contributed by atoms with Crippen molar-refractivity contribution in [1.29, 1.82) is 0 Å². The molecule has 0 aliphatic heterocycles. The summed E-state index contributed by atoms with van der Waals surface area (Å²) < 4.78 is 6.16. The van der Waals surface area contributed by atoms with E-state index in [1.54, 1.807) is 18.2 Å². The van der Waals surface area contributed by atoms with Gasteiger partial charge in [-0.2, -0.15) is 23.2 Å². The Labute approximate surface area is 137 Å². The number of nitrogens with one attached hydrogen (secondary N) is 1. The van der Waals surface area contributed by atoms with E-state index in [1.807, 2.05) is 37.3 Å². The van der Waals surface area contributed by atoms with Gasteiger partial charge in [-0.25, -0.2) is 4.79 Å². The number of benzene rings is 2. The van der Waals surface area contributed by atoms with Gasteiger partial charge in [-0.05, 0) is 46.7 Å². The third-order valence-corrected chi connectivity index (χ3v) is 3.41. The summed E-state index contributed by atoms with van der Waals surface area (Å²) in [6.07, 6.45) is 0.255. The number of carbonyl (C=O) groups is 1. The second-order valence-corrected chi connectivity index (χ2v) is 5.43. The first-order chi connectivity index (χ1) is 10.6. The predicted octanol–water partition coefficient (Wildman–Crippen LogP) is 2.68. The number of hydrogen-bond acceptors (Lipinski definition) is 5. The number of ether oxygens (including phenoxy) is 1. The van der Waals surface area contributed by atoms with E-state index in [0.29, 0.717) is 5.75 Å². The van der Waals surface area contributed by atoms with E-state index in [1.165, 1.54) is 0 Å². The van der Waals surface area contributed by atoms with E-state index in [0.717, 1.165) is 15.6 Å². The van der Waals surface area contributed by atoms with Gasteiger partial charge < -0.3 is 15.3 Å². The van der Waals surface area contributed by atoms with Crippen LogP contribution in [0.4, 0.5) is 0 Å². The minimum absolute atomic E-state index is 0.225. The molecule has 0 aliphatic carbocycles. The summed E-state index contributed by atoms with van der Waals surface area (Å²) in [5.74, 6) is -0.00563. The molecule has 3 N–H and O–H groups in total. The van der Waals surface area contributed by atoms with Crippen LogP contribution in [0.2, 0.25) is 0 Å². The highest BCUT2D eigenvalue weighted by Gasteiger charge is 2.08. The fourth-order valence-corrected chi connectivity index (χ4v) is 2.29. The maximum absolute atomic E-state index is 11.6. The highest BCUT2D eigenvalue weighted by Crippen LogP contribution is 2.25. The van der Waals surface area contributed by atoms with Crippen LogP contribution in [0.3, 0.4) is 0 Å². The van der Waals surface area contributed by atoms with Crippen molar-refractivity contribution in [3.63, 3.8) is 0 Å². The molecular weight excluding hydrogens is 348 g/mol. The molecule has 6 heteroatoms. The average Bonchev–Trinajstić information content (AvgIpc) is 2.52. The van der Waals surface area contributed by atoms with E-state index in [9.17, 15) is 4.79 Å². The van der Waals surface area contributed by atoms with Crippen molar-refractivity contribution >= 4 is 21.9 Å². The molecule has 0 radical (unpaired) electrons. The second kappa shape index (κ2) is 7.84. The molecule has 2 aromatic carbocycles. The summed E-state index contributed by atoms with van der Waals surface area (Å²) >= 11 is 3.37. The van der Waals surface area contributed by atoms with Gasteiger partial charge in [-0.3, -0.25) is 0 Å². The molecule has 0 aliphatic rings. The zero-order chi connectivity index (χ0) is 15.9. The van der Waals surface area contributed by atoms with Crippen LogP contribution in [0, 0.1) is 13.1 Å². The van der Waals surface area contributed by atoms with Crippen molar-refractivity contribution in [3.05, 3.63) is 70.3 Å². The average molecular weight is 364 g/mol. The van der Waals surface area contributed by atoms with Gasteiger partial charge in [0.15, 0.2) is 6.61 Å². The summed E-state index contributed by atoms with van der Waals surface area (Å²) in [7, 11) is 0. The fraction of sp³-hybridized carbons (Fsp3) is 0.125. The topological polar surface area (TPSA) is 73.6 Å². The zero-order valence-electron chi connectivity index (χ0n) is 12.0. The number of halogens is 1. The van der Waals surface area contributed by atoms with Crippen LogP contribution in [0.1, 0.15) is 11.1 Å². The third kappa shape index (κ3) is 4.77. The first-order valence-electron chi connectivity index (χ1n) is 6.59. The zero-order valence-corrected chi connectivity index (χ0v) is 13.6. The number of nitrogens with two attached hydrogens (primary N) is 1. The van der Waals surface area contributed by atoms with Crippen LogP contribution in [-0.2, 0) is 9.63 Å². The maximum atomic E-state index is 11.6. The Balaban J connectivity index is 1.78. The molecule has 5 nitrogen and oxygen atoms in total. The predicted molar refractivity (Wildman–Crippen MR) is 86.6 cm³/mol. The highest BCUT2D eigenvalue weighted by atomic mass is 79.9. The Morgan fingerprint density at radius 2 is 2.00 bits per heavy atom. The molecule has 0 unspecified atom stereocenters. The lowest BCUT2D eigenvalue weighted by atomic mass is 10.2. The number of rotatable bonds is 6. The van der Waals surface area contributed by atoms with Gasteiger partial charge in [-0.15, -0.1) is 12.1 Å². The third-order valence-electron chi connectivity index (χ3n) is 2.79. The number of carbonyl (C=O) groups excluding carboxylic acids is 1. The lowest BCUT2D eigenvalue weighted by Crippen LogP contribution is -2.33. The van der Waals surface area contributed by atoms with Crippen molar-refractivity contribution in [1.82, 2.24) is 5.48 Å². The van der Waals surface area contributed by atoms with Crippen LogP contribution >= 0.6 is 15.9 Å². The first kappa shape index (κ1) is 16.4. The van der Waals surface area contributed by atoms with E-state index in [2.05, 4.69) is 21.4 Å². The van der Waals surface area contributed by atoms with Gasteiger partial charge in [0, 0.05) is 0 Å². The van der Waals surface area contributed by atoms with Crippen LogP contribution in [0.5, 0.6) is 5.75 Å². The lowest BCUT2D eigenvalue weighted by Gasteiger charge is -2.20. The quantitative estimate of drug-likeness (QED) is 0.609. The van der Waals surface area contributed by atoms with E-state index in [4.69, 9.17) is 15.3 Å². The second-order valence-electron chi connectivity index (χ2n) is 4.58. The molecule has 0 fully saturated rings. The van der Waals surface area contributed by atoms with Crippen molar-refractivity contribution < 1.29 is 14.4 Å². The molecular formula is C16H16BrN2O3-. The highest BCUT2D eigenvalue weighted by molar-refractivity contribution is 9.10. The van der Waals surface area contributed by atoms with Gasteiger partial charge in [0.25, 0.3) is 0 Å². The largest absolute Gasteiger partial charge is 0.481 e. The van der Waals surface area contributed by atoms with E-state index < -0.39 is 5.97 Å². The Bertz CT molecular complexity index is 635. The SMILES string of the molecule is Cc1ccc(OCC(=O)ON[C-](N)c2ccccc2)c(Br)c1. The number of hydroxylamine groups is 1. The molecule has 0 saturated carbocycles. The molecule has 0 amide bonds. The summed E-state index contributed by atoms with van der Waals surface area (Å²) in [6, 6.07) is 14.7. The summed E-state index contributed by atoms with van der Waals surface area (Å²) in [5.41, 5.74) is 10.0. The Morgan fingerprint density at radius 3 is 2.68 bits per heavy atom.